The lowest BCUT2D eigenvalue weighted by molar-refractivity contribution is 0.669. The van der Waals surface area contributed by atoms with Crippen molar-refractivity contribution in [1.82, 2.24) is 4.40 Å². The van der Waals surface area contributed by atoms with E-state index in [-0.39, 0.29) is 0 Å². The van der Waals surface area contributed by atoms with E-state index in [4.69, 9.17) is 4.42 Å². The molecular weight excluding hydrogens is 438 g/mol. The minimum absolute atomic E-state index is 0.930. The van der Waals surface area contributed by atoms with E-state index in [1.54, 1.807) is 0 Å². The minimum Gasteiger partial charge on any atom is -0.456 e. The van der Waals surface area contributed by atoms with E-state index in [0.29, 0.717) is 0 Å². The van der Waals surface area contributed by atoms with Crippen molar-refractivity contribution >= 4 is 70.8 Å². The summed E-state index contributed by atoms with van der Waals surface area (Å²) in [5.41, 5.74) is 8.13. The molecule has 0 fully saturated rings. The first-order valence-electron chi connectivity index (χ1n) is 12.4. The van der Waals surface area contributed by atoms with Crippen LogP contribution in [0.2, 0.25) is 0 Å². The van der Waals surface area contributed by atoms with E-state index in [0.717, 1.165) is 21.9 Å². The zero-order chi connectivity index (χ0) is 23.4. The first-order valence-corrected chi connectivity index (χ1v) is 12.4. The summed E-state index contributed by atoms with van der Waals surface area (Å²) >= 11 is 0. The lowest BCUT2D eigenvalue weighted by atomic mass is 9.97. The van der Waals surface area contributed by atoms with Crippen LogP contribution >= 0.6 is 0 Å². The molecule has 0 aliphatic carbocycles. The van der Waals surface area contributed by atoms with E-state index in [9.17, 15) is 0 Å². The molecule has 0 aliphatic rings. The fourth-order valence-corrected chi connectivity index (χ4v) is 6.25. The maximum absolute atomic E-state index is 6.10. The number of rotatable bonds is 1. The molecule has 0 saturated carbocycles. The Morgan fingerprint density at radius 1 is 0.417 bits per heavy atom. The van der Waals surface area contributed by atoms with Crippen LogP contribution in [0, 0.1) is 0 Å². The molecule has 3 aromatic heterocycles. The highest BCUT2D eigenvalue weighted by Gasteiger charge is 2.19. The largest absolute Gasteiger partial charge is 0.456 e. The predicted molar refractivity (Wildman–Crippen MR) is 151 cm³/mol. The number of fused-ring (bicyclic) bond motifs is 10. The maximum Gasteiger partial charge on any atom is 0.135 e. The van der Waals surface area contributed by atoms with Crippen molar-refractivity contribution in [2.24, 2.45) is 0 Å². The van der Waals surface area contributed by atoms with Gasteiger partial charge in [0.15, 0.2) is 0 Å². The van der Waals surface area contributed by atoms with Gasteiger partial charge in [-0.3, -0.25) is 0 Å². The van der Waals surface area contributed by atoms with Gasteiger partial charge in [0, 0.05) is 32.3 Å². The Hall–Kier alpha value is -4.82. The van der Waals surface area contributed by atoms with E-state index in [2.05, 4.69) is 108 Å². The van der Waals surface area contributed by atoms with Gasteiger partial charge in [-0.05, 0) is 70.4 Å². The second-order valence-electron chi connectivity index (χ2n) is 9.80. The Morgan fingerprint density at radius 3 is 1.97 bits per heavy atom. The van der Waals surface area contributed by atoms with Gasteiger partial charge < -0.3 is 8.82 Å². The lowest BCUT2D eigenvalue weighted by Crippen LogP contribution is -1.80. The molecule has 0 N–H and O–H groups in total. The van der Waals surface area contributed by atoms with Gasteiger partial charge in [-0.25, -0.2) is 0 Å². The van der Waals surface area contributed by atoms with Crippen LogP contribution in [-0.4, -0.2) is 4.40 Å². The molecule has 2 heteroatoms. The molecule has 0 saturated heterocycles. The van der Waals surface area contributed by atoms with E-state index in [1.165, 1.54) is 60.0 Å². The van der Waals surface area contributed by atoms with E-state index < -0.39 is 0 Å². The Kier molecular flexibility index (Phi) is 3.31. The van der Waals surface area contributed by atoms with E-state index in [1.807, 2.05) is 12.1 Å². The van der Waals surface area contributed by atoms with Crippen molar-refractivity contribution in [1.29, 1.82) is 0 Å². The first-order chi connectivity index (χ1) is 17.8. The molecule has 6 aromatic carbocycles. The van der Waals surface area contributed by atoms with Gasteiger partial charge in [0.05, 0.1) is 16.6 Å². The lowest BCUT2D eigenvalue weighted by Gasteiger charge is -2.05. The molecular formula is C34H19NO. The van der Waals surface area contributed by atoms with Crippen LogP contribution < -0.4 is 0 Å². The molecule has 0 amide bonds. The molecule has 0 unspecified atom stereocenters. The van der Waals surface area contributed by atoms with Gasteiger partial charge >= 0.3 is 0 Å². The standard InChI is InChI=1S/C34H19NO/c1-2-8-21-19-31-26(15-20(21)7-1)29-18-23(17-28-24-9-3-5-11-30(24)35(31)34(28)29)22-13-14-33-27(16-22)25-10-4-6-12-32(25)36-33/h1-19H. The van der Waals surface area contributed by atoms with Crippen LogP contribution in [0.4, 0.5) is 0 Å². The van der Waals surface area contributed by atoms with Gasteiger partial charge in [-0.15, -0.1) is 0 Å². The summed E-state index contributed by atoms with van der Waals surface area (Å²) in [4.78, 5) is 0. The summed E-state index contributed by atoms with van der Waals surface area (Å²) in [7, 11) is 0. The first kappa shape index (κ1) is 18.5. The molecule has 3 heterocycles. The van der Waals surface area contributed by atoms with Crippen LogP contribution in [0.25, 0.3) is 81.9 Å². The van der Waals surface area contributed by atoms with Crippen LogP contribution in [0.5, 0.6) is 0 Å². The average Bonchev–Trinajstić information content (AvgIpc) is 3.57. The number of para-hydroxylation sites is 2. The summed E-state index contributed by atoms with van der Waals surface area (Å²) < 4.78 is 8.55. The third-order valence-electron chi connectivity index (χ3n) is 7.87. The molecule has 9 aromatic rings. The molecule has 0 radical (unpaired) electrons. The van der Waals surface area contributed by atoms with Crippen molar-refractivity contribution in [3.8, 4) is 11.1 Å². The number of hydrogen-bond donors (Lipinski definition) is 0. The number of nitrogens with zero attached hydrogens (tertiary/aromatic N) is 1. The molecule has 0 atom stereocenters. The van der Waals surface area contributed by atoms with Gasteiger partial charge in [0.25, 0.3) is 0 Å². The minimum atomic E-state index is 0.930. The Bertz CT molecular complexity index is 2310. The topological polar surface area (TPSA) is 17.6 Å². The fraction of sp³-hybridized carbons (Fsp3) is 0. The third-order valence-corrected chi connectivity index (χ3v) is 7.87. The van der Waals surface area contributed by atoms with Crippen LogP contribution in [-0.2, 0) is 0 Å². The van der Waals surface area contributed by atoms with Crippen LogP contribution in [0.1, 0.15) is 0 Å². The summed E-state index contributed by atoms with van der Waals surface area (Å²) in [6.07, 6.45) is 0. The quantitative estimate of drug-likeness (QED) is 0.240. The Morgan fingerprint density at radius 2 is 1.08 bits per heavy atom. The predicted octanol–water partition coefficient (Wildman–Crippen LogP) is 9.56. The number of aromatic nitrogens is 1. The molecule has 166 valence electrons. The van der Waals surface area contributed by atoms with Crippen molar-refractivity contribution < 1.29 is 4.42 Å². The van der Waals surface area contributed by atoms with Crippen molar-refractivity contribution in [2.45, 2.75) is 0 Å². The van der Waals surface area contributed by atoms with Gasteiger partial charge in [0.2, 0.25) is 0 Å². The molecule has 36 heavy (non-hydrogen) atoms. The van der Waals surface area contributed by atoms with Crippen LogP contribution in [0.3, 0.4) is 0 Å². The van der Waals surface area contributed by atoms with Gasteiger partial charge in [-0.1, -0.05) is 66.7 Å². The maximum atomic E-state index is 6.10. The normalized spacial score (nSPS) is 12.4. The second-order valence-corrected chi connectivity index (χ2v) is 9.80. The summed E-state index contributed by atoms with van der Waals surface area (Å²) in [5, 5.41) is 10.1. The average molecular weight is 458 g/mol. The van der Waals surface area contributed by atoms with Crippen molar-refractivity contribution in [3.63, 3.8) is 0 Å². The second kappa shape index (κ2) is 6.44. The van der Waals surface area contributed by atoms with Gasteiger partial charge in [0.1, 0.15) is 11.2 Å². The number of furan rings is 1. The third kappa shape index (κ3) is 2.26. The molecule has 0 aliphatic heterocycles. The monoisotopic (exact) mass is 457 g/mol. The summed E-state index contributed by atoms with van der Waals surface area (Å²) in [5.74, 6) is 0. The molecule has 0 spiro atoms. The van der Waals surface area contributed by atoms with Crippen LogP contribution in [0.15, 0.2) is 120 Å². The van der Waals surface area contributed by atoms with Crippen molar-refractivity contribution in [2.75, 3.05) is 0 Å². The highest BCUT2D eigenvalue weighted by Crippen LogP contribution is 2.43. The fourth-order valence-electron chi connectivity index (χ4n) is 6.25. The highest BCUT2D eigenvalue weighted by molar-refractivity contribution is 6.25. The Balaban J connectivity index is 1.44. The molecule has 9 rings (SSSR count). The smallest absolute Gasteiger partial charge is 0.135 e. The van der Waals surface area contributed by atoms with E-state index >= 15 is 0 Å². The zero-order valence-electron chi connectivity index (χ0n) is 19.3. The van der Waals surface area contributed by atoms with Gasteiger partial charge in [-0.2, -0.15) is 0 Å². The Labute approximate surface area is 205 Å². The summed E-state index contributed by atoms with van der Waals surface area (Å²) in [6, 6.07) is 41.7. The molecule has 0 bridgehead atoms. The summed E-state index contributed by atoms with van der Waals surface area (Å²) in [6.45, 7) is 0. The highest BCUT2D eigenvalue weighted by atomic mass is 16.3. The number of benzene rings is 6. The van der Waals surface area contributed by atoms with Crippen molar-refractivity contribution in [3.05, 3.63) is 115 Å². The number of hydrogen-bond acceptors (Lipinski definition) is 1. The molecule has 2 nitrogen and oxygen atoms in total. The zero-order valence-corrected chi connectivity index (χ0v) is 19.3. The SMILES string of the molecule is c1ccc2cc3c(cc2c1)c1cc(-c2ccc4oc5ccccc5c4c2)cc2c4ccccc4n3c21.